The highest BCUT2D eigenvalue weighted by Crippen LogP contribution is 2.26. The molecule has 2 rings (SSSR count). The average molecular weight is 240 g/mol. The monoisotopic (exact) mass is 240 g/mol. The fourth-order valence-electron chi connectivity index (χ4n) is 2.23. The van der Waals surface area contributed by atoms with Crippen molar-refractivity contribution in [3.05, 3.63) is 29.3 Å². The van der Waals surface area contributed by atoms with Gasteiger partial charge in [-0.3, -0.25) is 0 Å². The number of halogens is 2. The number of nitrogens with one attached hydrogen (secondary N) is 1. The Morgan fingerprint density at radius 1 is 1.35 bits per heavy atom. The van der Waals surface area contributed by atoms with Crippen molar-refractivity contribution in [1.82, 2.24) is 5.32 Å². The lowest BCUT2D eigenvalue weighted by Crippen LogP contribution is -2.31. The minimum atomic E-state index is -0.470. The molecular formula is C13H18F2N2. The quantitative estimate of drug-likeness (QED) is 0.810. The zero-order valence-corrected chi connectivity index (χ0v) is 10.3. The van der Waals surface area contributed by atoms with E-state index in [0.29, 0.717) is 24.6 Å². The van der Waals surface area contributed by atoms with Gasteiger partial charge in [-0.05, 0) is 31.0 Å². The number of aryl methyl sites for hydroxylation is 1. The van der Waals surface area contributed by atoms with E-state index < -0.39 is 11.6 Å². The van der Waals surface area contributed by atoms with Gasteiger partial charge in [0.15, 0.2) is 5.82 Å². The van der Waals surface area contributed by atoms with Gasteiger partial charge in [0.2, 0.25) is 0 Å². The first kappa shape index (κ1) is 12.3. The standard InChI is InChI=1S/C13H18F2N2/c1-9-7-16-5-6-17(8-9)13-11(14)4-3-10(2)12(13)15/h3-4,9,16H,5-8H2,1-2H3. The first-order chi connectivity index (χ1) is 8.09. The zero-order chi connectivity index (χ0) is 12.4. The predicted octanol–water partition coefficient (Wildman–Crippen LogP) is 2.32. The van der Waals surface area contributed by atoms with Crippen LogP contribution in [0.15, 0.2) is 12.1 Å². The fourth-order valence-corrected chi connectivity index (χ4v) is 2.23. The molecule has 0 aliphatic carbocycles. The van der Waals surface area contributed by atoms with Crippen LogP contribution in [0.2, 0.25) is 0 Å². The molecular weight excluding hydrogens is 222 g/mol. The lowest BCUT2D eigenvalue weighted by Gasteiger charge is -2.25. The van der Waals surface area contributed by atoms with Gasteiger partial charge in [-0.25, -0.2) is 8.78 Å². The van der Waals surface area contributed by atoms with Crippen LogP contribution in [0.3, 0.4) is 0 Å². The number of hydrogen-bond acceptors (Lipinski definition) is 2. The molecule has 0 radical (unpaired) electrons. The highest BCUT2D eigenvalue weighted by Gasteiger charge is 2.21. The largest absolute Gasteiger partial charge is 0.365 e. The molecule has 2 nitrogen and oxygen atoms in total. The van der Waals surface area contributed by atoms with Crippen molar-refractivity contribution < 1.29 is 8.78 Å². The summed E-state index contributed by atoms with van der Waals surface area (Å²) in [5.74, 6) is -0.516. The molecule has 1 heterocycles. The molecule has 1 atom stereocenters. The lowest BCUT2D eigenvalue weighted by atomic mass is 10.1. The van der Waals surface area contributed by atoms with E-state index in [9.17, 15) is 8.78 Å². The topological polar surface area (TPSA) is 15.3 Å². The van der Waals surface area contributed by atoms with Crippen molar-refractivity contribution in [1.29, 1.82) is 0 Å². The average Bonchev–Trinajstić information content (AvgIpc) is 2.49. The third kappa shape index (κ3) is 2.57. The Bertz CT molecular complexity index is 407. The summed E-state index contributed by atoms with van der Waals surface area (Å²) in [6.07, 6.45) is 0. The van der Waals surface area contributed by atoms with Gasteiger partial charge >= 0.3 is 0 Å². The van der Waals surface area contributed by atoms with Crippen molar-refractivity contribution in [2.75, 3.05) is 31.1 Å². The summed E-state index contributed by atoms with van der Waals surface area (Å²) < 4.78 is 27.8. The molecule has 1 aromatic carbocycles. The van der Waals surface area contributed by atoms with E-state index in [-0.39, 0.29) is 5.69 Å². The van der Waals surface area contributed by atoms with E-state index >= 15 is 0 Å². The van der Waals surface area contributed by atoms with E-state index in [1.165, 1.54) is 12.1 Å². The first-order valence-electron chi connectivity index (χ1n) is 6.00. The van der Waals surface area contributed by atoms with Crippen molar-refractivity contribution in [3.8, 4) is 0 Å². The highest BCUT2D eigenvalue weighted by atomic mass is 19.1. The van der Waals surface area contributed by atoms with E-state index in [4.69, 9.17) is 0 Å². The second kappa shape index (κ2) is 5.00. The number of nitrogens with zero attached hydrogens (tertiary/aromatic N) is 1. The van der Waals surface area contributed by atoms with Gasteiger partial charge in [0.1, 0.15) is 11.5 Å². The molecule has 1 aliphatic rings. The molecule has 0 aromatic heterocycles. The number of hydrogen-bond donors (Lipinski definition) is 1. The maximum Gasteiger partial charge on any atom is 0.152 e. The van der Waals surface area contributed by atoms with Crippen LogP contribution in [0.4, 0.5) is 14.5 Å². The first-order valence-corrected chi connectivity index (χ1v) is 6.00. The number of anilines is 1. The van der Waals surface area contributed by atoms with E-state index in [1.54, 1.807) is 6.92 Å². The van der Waals surface area contributed by atoms with Gasteiger partial charge in [-0.15, -0.1) is 0 Å². The third-order valence-electron chi connectivity index (χ3n) is 3.16. The van der Waals surface area contributed by atoms with E-state index in [0.717, 1.165) is 13.1 Å². The Kier molecular flexibility index (Phi) is 3.62. The highest BCUT2D eigenvalue weighted by molar-refractivity contribution is 5.51. The van der Waals surface area contributed by atoms with E-state index in [1.807, 2.05) is 4.90 Å². The van der Waals surface area contributed by atoms with Gasteiger partial charge in [0, 0.05) is 19.6 Å². The molecule has 4 heteroatoms. The van der Waals surface area contributed by atoms with Crippen LogP contribution in [-0.4, -0.2) is 26.2 Å². The van der Waals surface area contributed by atoms with Crippen LogP contribution in [-0.2, 0) is 0 Å². The third-order valence-corrected chi connectivity index (χ3v) is 3.16. The number of rotatable bonds is 1. The molecule has 94 valence electrons. The predicted molar refractivity (Wildman–Crippen MR) is 65.3 cm³/mol. The maximum atomic E-state index is 14.0. The summed E-state index contributed by atoms with van der Waals surface area (Å²) in [5, 5.41) is 3.26. The van der Waals surface area contributed by atoms with Crippen molar-refractivity contribution in [3.63, 3.8) is 0 Å². The van der Waals surface area contributed by atoms with Crippen molar-refractivity contribution in [2.45, 2.75) is 13.8 Å². The van der Waals surface area contributed by atoms with Crippen LogP contribution >= 0.6 is 0 Å². The van der Waals surface area contributed by atoms with Crippen molar-refractivity contribution >= 4 is 5.69 Å². The molecule has 0 spiro atoms. The normalized spacial score (nSPS) is 21.4. The summed E-state index contributed by atoms with van der Waals surface area (Å²) in [6.45, 7) is 6.73. The molecule has 1 fully saturated rings. The van der Waals surface area contributed by atoms with E-state index in [2.05, 4.69) is 12.2 Å². The minimum absolute atomic E-state index is 0.126. The smallest absolute Gasteiger partial charge is 0.152 e. The van der Waals surface area contributed by atoms with Crippen molar-refractivity contribution in [2.24, 2.45) is 5.92 Å². The second-order valence-electron chi connectivity index (χ2n) is 4.78. The van der Waals surface area contributed by atoms with Gasteiger partial charge < -0.3 is 10.2 Å². The summed E-state index contributed by atoms with van der Waals surface area (Å²) in [4.78, 5) is 1.81. The molecule has 0 bridgehead atoms. The number of benzene rings is 1. The molecule has 1 N–H and O–H groups in total. The van der Waals surface area contributed by atoms with Gasteiger partial charge in [-0.2, -0.15) is 0 Å². The van der Waals surface area contributed by atoms with Crippen LogP contribution < -0.4 is 10.2 Å². The molecule has 0 amide bonds. The summed E-state index contributed by atoms with van der Waals surface area (Å²) in [7, 11) is 0. The van der Waals surface area contributed by atoms with Gasteiger partial charge in [-0.1, -0.05) is 13.0 Å². The Morgan fingerprint density at radius 3 is 2.88 bits per heavy atom. The molecule has 1 aromatic rings. The van der Waals surface area contributed by atoms with Crippen LogP contribution in [0.1, 0.15) is 12.5 Å². The maximum absolute atomic E-state index is 14.0. The molecule has 1 unspecified atom stereocenters. The van der Waals surface area contributed by atoms with Crippen LogP contribution in [0.25, 0.3) is 0 Å². The van der Waals surface area contributed by atoms with Crippen LogP contribution in [0, 0.1) is 24.5 Å². The second-order valence-corrected chi connectivity index (χ2v) is 4.78. The SMILES string of the molecule is Cc1ccc(F)c(N2CCNCC(C)C2)c1F. The Morgan fingerprint density at radius 2 is 2.12 bits per heavy atom. The van der Waals surface area contributed by atoms with Gasteiger partial charge in [0.25, 0.3) is 0 Å². The summed E-state index contributed by atoms with van der Waals surface area (Å²) >= 11 is 0. The summed E-state index contributed by atoms with van der Waals surface area (Å²) in [5.41, 5.74) is 0.617. The molecule has 1 aliphatic heterocycles. The Labute approximate surface area is 101 Å². The Balaban J connectivity index is 2.34. The summed E-state index contributed by atoms with van der Waals surface area (Å²) in [6, 6.07) is 2.82. The fraction of sp³-hybridized carbons (Fsp3) is 0.538. The molecule has 1 saturated heterocycles. The zero-order valence-electron chi connectivity index (χ0n) is 10.3. The lowest BCUT2D eigenvalue weighted by molar-refractivity contribution is 0.541. The molecule has 17 heavy (non-hydrogen) atoms. The van der Waals surface area contributed by atoms with Gasteiger partial charge in [0.05, 0.1) is 0 Å². The van der Waals surface area contributed by atoms with Crippen LogP contribution in [0.5, 0.6) is 0 Å². The Hall–Kier alpha value is -1.16. The molecule has 0 saturated carbocycles. The minimum Gasteiger partial charge on any atom is -0.365 e.